The van der Waals surface area contributed by atoms with Gasteiger partial charge in [-0.25, -0.2) is 0 Å². The minimum absolute atomic E-state index is 0.468. The van der Waals surface area contributed by atoms with E-state index >= 15 is 0 Å². The Morgan fingerprint density at radius 3 is 2.86 bits per heavy atom. The highest BCUT2D eigenvalue weighted by Gasteiger charge is 2.23. The van der Waals surface area contributed by atoms with Crippen molar-refractivity contribution in [2.24, 2.45) is 13.0 Å². The minimum Gasteiger partial charge on any atom is -0.463 e. The second-order valence-electron chi connectivity index (χ2n) is 5.62. The lowest BCUT2D eigenvalue weighted by Gasteiger charge is -2.12. The van der Waals surface area contributed by atoms with Crippen molar-refractivity contribution in [2.45, 2.75) is 31.3 Å². The van der Waals surface area contributed by atoms with E-state index in [4.69, 9.17) is 4.74 Å². The quantitative estimate of drug-likeness (QED) is 0.625. The van der Waals surface area contributed by atoms with Crippen LogP contribution in [0, 0.1) is 12.8 Å². The number of thioether (sulfide) groups is 1. The molecular formula is C15H21N5OS. The van der Waals surface area contributed by atoms with Crippen LogP contribution < -0.4 is 10.1 Å². The Morgan fingerprint density at radius 1 is 1.41 bits per heavy atom. The average Bonchev–Trinajstić information content (AvgIpc) is 3.26. The van der Waals surface area contributed by atoms with Crippen LogP contribution in [0.3, 0.4) is 0 Å². The van der Waals surface area contributed by atoms with Gasteiger partial charge in [-0.2, -0.15) is 15.1 Å². The van der Waals surface area contributed by atoms with Crippen LogP contribution >= 0.6 is 11.8 Å². The van der Waals surface area contributed by atoms with Gasteiger partial charge in [0.05, 0.1) is 12.8 Å². The van der Waals surface area contributed by atoms with Crippen molar-refractivity contribution < 1.29 is 4.74 Å². The third-order valence-electron chi connectivity index (χ3n) is 3.64. The van der Waals surface area contributed by atoms with Crippen LogP contribution in [-0.2, 0) is 13.6 Å². The minimum atomic E-state index is 0.468. The molecule has 0 bridgehead atoms. The standard InChI is InChI=1S/C15H21N5OS/c1-10-13(16-6-12-7-17-20(2)8-12)18-15(19-14(10)22-3)21-9-11-4-5-11/h7-8,11H,4-6,9H2,1-3H3,(H,16,18,19). The largest absolute Gasteiger partial charge is 0.463 e. The highest BCUT2D eigenvalue weighted by atomic mass is 32.2. The summed E-state index contributed by atoms with van der Waals surface area (Å²) in [4.78, 5) is 9.00. The lowest BCUT2D eigenvalue weighted by Crippen LogP contribution is -2.09. The van der Waals surface area contributed by atoms with E-state index in [-0.39, 0.29) is 0 Å². The van der Waals surface area contributed by atoms with Crippen LogP contribution in [0.2, 0.25) is 0 Å². The van der Waals surface area contributed by atoms with Gasteiger partial charge in [0, 0.05) is 30.9 Å². The van der Waals surface area contributed by atoms with Gasteiger partial charge < -0.3 is 10.1 Å². The van der Waals surface area contributed by atoms with Crippen molar-refractivity contribution in [3.8, 4) is 6.01 Å². The number of nitrogens with one attached hydrogen (secondary N) is 1. The summed E-state index contributed by atoms with van der Waals surface area (Å²) in [6.07, 6.45) is 8.37. The molecule has 0 atom stereocenters. The molecule has 0 radical (unpaired) electrons. The van der Waals surface area contributed by atoms with Crippen molar-refractivity contribution >= 4 is 17.6 Å². The SMILES string of the molecule is CSc1nc(OCC2CC2)nc(NCc2cnn(C)c2)c1C. The third-order valence-corrected chi connectivity index (χ3v) is 4.42. The lowest BCUT2D eigenvalue weighted by molar-refractivity contribution is 0.274. The number of aromatic nitrogens is 4. The van der Waals surface area contributed by atoms with Crippen LogP contribution in [0.5, 0.6) is 6.01 Å². The van der Waals surface area contributed by atoms with Gasteiger partial charge in [0.15, 0.2) is 0 Å². The normalized spacial score (nSPS) is 14.1. The second-order valence-corrected chi connectivity index (χ2v) is 6.41. The zero-order valence-corrected chi connectivity index (χ0v) is 14.0. The number of hydrogen-bond donors (Lipinski definition) is 1. The first-order valence-electron chi connectivity index (χ1n) is 7.42. The van der Waals surface area contributed by atoms with Gasteiger partial charge in [-0.05, 0) is 31.9 Å². The smallest absolute Gasteiger partial charge is 0.319 e. The molecule has 2 heterocycles. The molecule has 0 amide bonds. The highest BCUT2D eigenvalue weighted by molar-refractivity contribution is 7.98. The third kappa shape index (κ3) is 3.71. The lowest BCUT2D eigenvalue weighted by atomic mass is 10.3. The van der Waals surface area contributed by atoms with Gasteiger partial charge in [-0.1, -0.05) is 0 Å². The highest BCUT2D eigenvalue weighted by Crippen LogP contribution is 2.30. The van der Waals surface area contributed by atoms with Crippen molar-refractivity contribution in [3.05, 3.63) is 23.5 Å². The Labute approximate surface area is 134 Å². The molecule has 3 rings (SSSR count). The monoisotopic (exact) mass is 319 g/mol. The van der Waals surface area contributed by atoms with Gasteiger partial charge >= 0.3 is 6.01 Å². The first kappa shape index (κ1) is 15.1. The molecule has 0 aliphatic heterocycles. The molecule has 6 nitrogen and oxygen atoms in total. The Balaban J connectivity index is 1.73. The molecule has 2 aromatic rings. The molecule has 1 aliphatic carbocycles. The molecule has 0 spiro atoms. The van der Waals surface area contributed by atoms with Crippen LogP contribution in [0.4, 0.5) is 5.82 Å². The number of nitrogens with zero attached hydrogens (tertiary/aromatic N) is 4. The second kappa shape index (κ2) is 6.56. The van der Waals surface area contributed by atoms with Crippen molar-refractivity contribution in [2.75, 3.05) is 18.2 Å². The maximum absolute atomic E-state index is 5.73. The molecular weight excluding hydrogens is 298 g/mol. The maximum Gasteiger partial charge on any atom is 0.319 e. The maximum atomic E-state index is 5.73. The van der Waals surface area contributed by atoms with E-state index in [1.165, 1.54) is 12.8 Å². The molecule has 1 fully saturated rings. The van der Waals surface area contributed by atoms with E-state index in [2.05, 4.69) is 20.4 Å². The summed E-state index contributed by atoms with van der Waals surface area (Å²) in [7, 11) is 1.91. The number of anilines is 1. The van der Waals surface area contributed by atoms with Crippen molar-refractivity contribution in [3.63, 3.8) is 0 Å². The van der Waals surface area contributed by atoms with Crippen molar-refractivity contribution in [1.82, 2.24) is 19.7 Å². The Kier molecular flexibility index (Phi) is 4.52. The van der Waals surface area contributed by atoms with Crippen molar-refractivity contribution in [1.29, 1.82) is 0 Å². The van der Waals surface area contributed by atoms with E-state index in [1.54, 1.807) is 16.4 Å². The fraction of sp³-hybridized carbons (Fsp3) is 0.533. The van der Waals surface area contributed by atoms with Gasteiger partial charge in [0.2, 0.25) is 0 Å². The summed E-state index contributed by atoms with van der Waals surface area (Å²) >= 11 is 1.61. The van der Waals surface area contributed by atoms with Gasteiger partial charge in [0.1, 0.15) is 10.8 Å². The van der Waals surface area contributed by atoms with E-state index in [1.807, 2.05) is 32.6 Å². The molecule has 1 aliphatic rings. The Hall–Kier alpha value is -1.76. The molecule has 1 saturated carbocycles. The summed E-state index contributed by atoms with van der Waals surface area (Å²) in [6.45, 7) is 3.43. The molecule has 2 aromatic heterocycles. The number of hydrogen-bond acceptors (Lipinski definition) is 6. The van der Waals surface area contributed by atoms with Crippen LogP contribution in [0.25, 0.3) is 0 Å². The predicted molar refractivity (Wildman–Crippen MR) is 87.3 cm³/mol. The molecule has 7 heteroatoms. The molecule has 22 heavy (non-hydrogen) atoms. The first-order chi connectivity index (χ1) is 10.7. The Bertz CT molecular complexity index is 653. The topological polar surface area (TPSA) is 64.9 Å². The summed E-state index contributed by atoms with van der Waals surface area (Å²) in [5, 5.41) is 8.49. The summed E-state index contributed by atoms with van der Waals surface area (Å²) in [6, 6.07) is 0.468. The first-order valence-corrected chi connectivity index (χ1v) is 8.65. The molecule has 0 unspecified atom stereocenters. The van der Waals surface area contributed by atoms with E-state index in [0.717, 1.165) is 28.6 Å². The summed E-state index contributed by atoms with van der Waals surface area (Å²) in [5.74, 6) is 1.52. The molecule has 118 valence electrons. The zero-order valence-electron chi connectivity index (χ0n) is 13.2. The molecule has 1 N–H and O–H groups in total. The van der Waals surface area contributed by atoms with E-state index in [9.17, 15) is 0 Å². The number of rotatable bonds is 7. The van der Waals surface area contributed by atoms with E-state index in [0.29, 0.717) is 18.5 Å². The van der Waals surface area contributed by atoms with Gasteiger partial charge in [-0.15, -0.1) is 11.8 Å². The van der Waals surface area contributed by atoms with E-state index < -0.39 is 0 Å². The Morgan fingerprint density at radius 2 is 2.23 bits per heavy atom. The number of ether oxygens (including phenoxy) is 1. The molecule has 0 saturated heterocycles. The average molecular weight is 319 g/mol. The fourth-order valence-electron chi connectivity index (χ4n) is 2.14. The van der Waals surface area contributed by atoms with Crippen LogP contribution in [0.15, 0.2) is 17.4 Å². The summed E-state index contributed by atoms with van der Waals surface area (Å²) in [5.41, 5.74) is 2.17. The predicted octanol–water partition coefficient (Wildman–Crippen LogP) is 2.64. The fourth-order valence-corrected chi connectivity index (χ4v) is 2.71. The van der Waals surface area contributed by atoms with Crippen LogP contribution in [0.1, 0.15) is 24.0 Å². The van der Waals surface area contributed by atoms with Gasteiger partial charge in [-0.3, -0.25) is 4.68 Å². The van der Waals surface area contributed by atoms with Crippen LogP contribution in [-0.4, -0.2) is 32.6 Å². The number of aryl methyl sites for hydroxylation is 1. The molecule has 0 aromatic carbocycles. The zero-order chi connectivity index (χ0) is 15.5. The summed E-state index contributed by atoms with van der Waals surface area (Å²) < 4.78 is 7.53. The van der Waals surface area contributed by atoms with Gasteiger partial charge in [0.25, 0.3) is 0 Å².